The van der Waals surface area contributed by atoms with Gasteiger partial charge in [0.15, 0.2) is 5.82 Å². The van der Waals surface area contributed by atoms with Gasteiger partial charge in [0, 0.05) is 22.7 Å². The monoisotopic (exact) mass is 351 g/mol. The van der Waals surface area contributed by atoms with Crippen LogP contribution in [0.2, 0.25) is 0 Å². The number of azo groups is 1. The van der Waals surface area contributed by atoms with Gasteiger partial charge >= 0.3 is 0 Å². The summed E-state index contributed by atoms with van der Waals surface area (Å²) in [7, 11) is 0. The summed E-state index contributed by atoms with van der Waals surface area (Å²) in [6, 6.07) is 10.3. The summed E-state index contributed by atoms with van der Waals surface area (Å²) in [5.41, 5.74) is 8.20. The molecular formula is C19H21N5O2. The number of nitrogens with zero attached hydrogens (tertiary/aromatic N) is 4. The van der Waals surface area contributed by atoms with E-state index in [0.717, 1.165) is 11.3 Å². The second-order valence-corrected chi connectivity index (χ2v) is 7.03. The number of nitrogens with two attached hydrogens (primary N) is 1. The van der Waals surface area contributed by atoms with Crippen LogP contribution < -0.4 is 5.73 Å². The third kappa shape index (κ3) is 3.34. The number of rotatable bonds is 4. The van der Waals surface area contributed by atoms with Crippen LogP contribution in [0.4, 0.5) is 11.5 Å². The number of fused-ring (bicyclic) bond motifs is 1. The third-order valence-corrected chi connectivity index (χ3v) is 4.00. The number of hydrogen-bond acceptors (Lipinski definition) is 5. The average molecular weight is 351 g/mol. The second kappa shape index (κ2) is 6.68. The Labute approximate surface area is 151 Å². The van der Waals surface area contributed by atoms with E-state index in [4.69, 9.17) is 10.7 Å². The molecule has 3 N–H and O–H groups in total. The molecule has 134 valence electrons. The van der Waals surface area contributed by atoms with Crippen molar-refractivity contribution in [2.45, 2.75) is 32.8 Å². The number of hydrogen-bond donors (Lipinski definition) is 2. The van der Waals surface area contributed by atoms with Crippen molar-refractivity contribution in [2.24, 2.45) is 16.0 Å². The Morgan fingerprint density at radius 3 is 2.46 bits per heavy atom. The maximum absolute atomic E-state index is 11.2. The zero-order valence-electron chi connectivity index (χ0n) is 15.0. The topological polar surface area (TPSA) is 105 Å². The van der Waals surface area contributed by atoms with Crippen LogP contribution in [0.3, 0.4) is 0 Å². The zero-order chi connectivity index (χ0) is 18.9. The van der Waals surface area contributed by atoms with Gasteiger partial charge in [0.1, 0.15) is 5.65 Å². The molecule has 1 amide bonds. The molecule has 0 aliphatic heterocycles. The smallest absolute Gasteiger partial charge is 0.248 e. The largest absolute Gasteiger partial charge is 0.392 e. The van der Waals surface area contributed by atoms with E-state index in [1.54, 1.807) is 24.3 Å². The molecule has 0 bridgehead atoms. The van der Waals surface area contributed by atoms with Gasteiger partial charge in [-0.05, 0) is 30.3 Å². The highest BCUT2D eigenvalue weighted by molar-refractivity contribution is 5.93. The molecule has 0 saturated carbocycles. The molecule has 26 heavy (non-hydrogen) atoms. The van der Waals surface area contributed by atoms with E-state index in [-0.39, 0.29) is 12.0 Å². The number of aliphatic hydroxyl groups is 1. The number of pyridine rings is 1. The maximum Gasteiger partial charge on any atom is 0.248 e. The van der Waals surface area contributed by atoms with Gasteiger partial charge < -0.3 is 10.8 Å². The van der Waals surface area contributed by atoms with Crippen molar-refractivity contribution in [1.29, 1.82) is 0 Å². The average Bonchev–Trinajstić information content (AvgIpc) is 2.99. The molecule has 0 atom stereocenters. The minimum Gasteiger partial charge on any atom is -0.392 e. The van der Waals surface area contributed by atoms with Gasteiger partial charge in [-0.15, -0.1) is 10.2 Å². The quantitative estimate of drug-likeness (QED) is 0.701. The lowest BCUT2D eigenvalue weighted by Crippen LogP contribution is -2.11. The fraction of sp³-hybridized carbons (Fsp3) is 0.263. The zero-order valence-corrected chi connectivity index (χ0v) is 15.0. The summed E-state index contributed by atoms with van der Waals surface area (Å²) in [4.78, 5) is 15.8. The van der Waals surface area contributed by atoms with Crippen LogP contribution in [0.5, 0.6) is 0 Å². The predicted molar refractivity (Wildman–Crippen MR) is 99.0 cm³/mol. The van der Waals surface area contributed by atoms with Crippen molar-refractivity contribution < 1.29 is 9.90 Å². The summed E-state index contributed by atoms with van der Waals surface area (Å²) in [6.07, 6.45) is 1.85. The summed E-state index contributed by atoms with van der Waals surface area (Å²) < 4.78 is 1.83. The summed E-state index contributed by atoms with van der Waals surface area (Å²) >= 11 is 0. The van der Waals surface area contributed by atoms with Crippen LogP contribution in [0, 0.1) is 0 Å². The number of carbonyl (C=O) groups is 1. The molecule has 2 aromatic heterocycles. The third-order valence-electron chi connectivity index (χ3n) is 4.00. The Morgan fingerprint density at radius 2 is 1.88 bits per heavy atom. The minimum atomic E-state index is -0.484. The summed E-state index contributed by atoms with van der Waals surface area (Å²) in [6.45, 7) is 6.05. The van der Waals surface area contributed by atoms with Gasteiger partial charge in [0.2, 0.25) is 5.91 Å². The Hall–Kier alpha value is -3.06. The molecule has 3 rings (SSSR count). The lowest BCUT2D eigenvalue weighted by Gasteiger charge is -2.15. The highest BCUT2D eigenvalue weighted by Gasteiger charge is 2.25. The maximum atomic E-state index is 11.2. The Balaban J connectivity index is 2.09. The number of primary amides is 1. The second-order valence-electron chi connectivity index (χ2n) is 7.03. The molecule has 7 heteroatoms. The van der Waals surface area contributed by atoms with Crippen molar-refractivity contribution in [3.05, 3.63) is 59.4 Å². The Bertz CT molecular complexity index is 982. The normalized spacial score (nSPS) is 12.2. The first-order chi connectivity index (χ1) is 12.3. The number of carbonyl (C=O) groups excluding carboxylic acids is 1. The van der Waals surface area contributed by atoms with Crippen molar-refractivity contribution in [3.63, 3.8) is 0 Å². The van der Waals surface area contributed by atoms with E-state index in [1.165, 1.54) is 0 Å². The standard InChI is InChI=1S/C19H21N5O2/c1-19(2,3)15-18(24-10-4-5-13(11-25)17(24)21-15)23-22-14-8-6-12(7-9-14)16(20)26/h4-10,25H,11H2,1-3H3,(H2,20,26). The van der Waals surface area contributed by atoms with Crippen LogP contribution >= 0.6 is 0 Å². The molecule has 0 spiro atoms. The van der Waals surface area contributed by atoms with Crippen LogP contribution in [-0.2, 0) is 12.0 Å². The molecule has 1 aromatic carbocycles. The van der Waals surface area contributed by atoms with E-state index >= 15 is 0 Å². The molecular weight excluding hydrogens is 330 g/mol. The van der Waals surface area contributed by atoms with Crippen molar-refractivity contribution in [3.8, 4) is 0 Å². The number of aromatic nitrogens is 2. The van der Waals surface area contributed by atoms with Crippen molar-refractivity contribution in [1.82, 2.24) is 9.38 Å². The Kier molecular flexibility index (Phi) is 4.56. The van der Waals surface area contributed by atoms with Crippen LogP contribution in [0.25, 0.3) is 5.65 Å². The van der Waals surface area contributed by atoms with Gasteiger partial charge in [-0.3, -0.25) is 9.20 Å². The minimum absolute atomic E-state index is 0.101. The van der Waals surface area contributed by atoms with E-state index < -0.39 is 5.91 Å². The number of aliphatic hydroxyl groups excluding tert-OH is 1. The van der Waals surface area contributed by atoms with Gasteiger partial charge in [-0.2, -0.15) is 0 Å². The first-order valence-corrected chi connectivity index (χ1v) is 8.24. The van der Waals surface area contributed by atoms with Crippen LogP contribution in [0.1, 0.15) is 42.4 Å². The number of amides is 1. The van der Waals surface area contributed by atoms with E-state index in [2.05, 4.69) is 10.2 Å². The SMILES string of the molecule is CC(C)(C)c1nc2c(CO)cccn2c1N=Nc1ccc(C(N)=O)cc1. The summed E-state index contributed by atoms with van der Waals surface area (Å²) in [5.74, 6) is 0.128. The van der Waals surface area contributed by atoms with Crippen molar-refractivity contribution >= 4 is 23.1 Å². The van der Waals surface area contributed by atoms with E-state index in [1.807, 2.05) is 43.5 Å². The molecule has 0 unspecified atom stereocenters. The molecule has 0 fully saturated rings. The van der Waals surface area contributed by atoms with Crippen molar-refractivity contribution in [2.75, 3.05) is 0 Å². The van der Waals surface area contributed by atoms with Crippen LogP contribution in [0.15, 0.2) is 52.8 Å². The number of imidazole rings is 1. The fourth-order valence-corrected chi connectivity index (χ4v) is 2.63. The number of benzene rings is 1. The molecule has 0 aliphatic carbocycles. The molecule has 7 nitrogen and oxygen atoms in total. The highest BCUT2D eigenvalue weighted by atomic mass is 16.3. The first kappa shape index (κ1) is 17.8. The van der Waals surface area contributed by atoms with Crippen LogP contribution in [-0.4, -0.2) is 20.4 Å². The van der Waals surface area contributed by atoms with E-state index in [9.17, 15) is 9.90 Å². The molecule has 0 saturated heterocycles. The Morgan fingerprint density at radius 1 is 1.19 bits per heavy atom. The lowest BCUT2D eigenvalue weighted by atomic mass is 9.92. The fourth-order valence-electron chi connectivity index (χ4n) is 2.63. The van der Waals surface area contributed by atoms with Gasteiger partial charge in [-0.25, -0.2) is 4.98 Å². The summed E-state index contributed by atoms with van der Waals surface area (Å²) in [5, 5.41) is 18.3. The first-order valence-electron chi connectivity index (χ1n) is 8.24. The molecule has 3 aromatic rings. The lowest BCUT2D eigenvalue weighted by molar-refractivity contribution is 0.100. The molecule has 2 heterocycles. The van der Waals surface area contributed by atoms with E-state index in [0.29, 0.717) is 22.7 Å². The van der Waals surface area contributed by atoms with Gasteiger partial charge in [-0.1, -0.05) is 26.8 Å². The predicted octanol–water partition coefficient (Wildman–Crippen LogP) is 3.64. The molecule has 0 aliphatic rings. The van der Waals surface area contributed by atoms with Gasteiger partial charge in [0.25, 0.3) is 0 Å². The van der Waals surface area contributed by atoms with Gasteiger partial charge in [0.05, 0.1) is 18.0 Å². The molecule has 0 radical (unpaired) electrons. The highest BCUT2D eigenvalue weighted by Crippen LogP contribution is 2.34.